The minimum absolute atomic E-state index is 0.0180. The fourth-order valence-corrected chi connectivity index (χ4v) is 3.83. The molecule has 1 aliphatic rings. The third kappa shape index (κ3) is 5.16. The molecule has 1 saturated heterocycles. The van der Waals surface area contributed by atoms with E-state index < -0.39 is 18.1 Å². The van der Waals surface area contributed by atoms with Crippen LogP contribution in [-0.4, -0.2) is 45.9 Å². The first-order valence-corrected chi connectivity index (χ1v) is 10.7. The number of anilines is 2. The standard InChI is InChI=1S/C22H21ClF3N5O3/c1-30-12-14(8-17(21(30)33)31-4-6-34-7-5-31)16-10-15(11-28-19(16)23)29-20(32)13-2-3-27-18(9-13)22(24,25)26/h2-3,8-12,20,29,32H,4-7H2,1H3. The number of aromatic nitrogens is 3. The van der Waals surface area contributed by atoms with E-state index in [1.54, 1.807) is 25.4 Å². The Hall–Kier alpha value is -3.15. The summed E-state index contributed by atoms with van der Waals surface area (Å²) in [7, 11) is 1.63. The van der Waals surface area contributed by atoms with E-state index in [4.69, 9.17) is 16.3 Å². The maximum Gasteiger partial charge on any atom is 0.433 e. The van der Waals surface area contributed by atoms with E-state index >= 15 is 0 Å². The van der Waals surface area contributed by atoms with Crippen molar-refractivity contribution in [3.05, 3.63) is 69.6 Å². The zero-order valence-corrected chi connectivity index (χ0v) is 18.8. The Morgan fingerprint density at radius 1 is 1.21 bits per heavy atom. The zero-order valence-electron chi connectivity index (χ0n) is 18.0. The molecule has 0 aliphatic carbocycles. The summed E-state index contributed by atoms with van der Waals surface area (Å²) < 4.78 is 45.6. The molecule has 180 valence electrons. The molecule has 8 nitrogen and oxygen atoms in total. The molecule has 3 aromatic heterocycles. The van der Waals surface area contributed by atoms with Gasteiger partial charge in [0, 0.05) is 49.2 Å². The molecule has 3 aromatic rings. The molecule has 2 N–H and O–H groups in total. The van der Waals surface area contributed by atoms with Gasteiger partial charge < -0.3 is 24.6 Å². The summed E-state index contributed by atoms with van der Waals surface area (Å²) in [5.41, 5.74) is 0.611. The Kier molecular flexibility index (Phi) is 6.78. The van der Waals surface area contributed by atoms with Crippen LogP contribution in [0.25, 0.3) is 11.1 Å². The van der Waals surface area contributed by atoms with Gasteiger partial charge in [-0.2, -0.15) is 13.2 Å². The van der Waals surface area contributed by atoms with Gasteiger partial charge >= 0.3 is 6.18 Å². The van der Waals surface area contributed by atoms with E-state index in [1.807, 2.05) is 4.90 Å². The predicted molar refractivity (Wildman–Crippen MR) is 121 cm³/mol. The van der Waals surface area contributed by atoms with Crippen LogP contribution in [0, 0.1) is 0 Å². The minimum atomic E-state index is -4.63. The Balaban J connectivity index is 1.64. The van der Waals surface area contributed by atoms with Gasteiger partial charge in [-0.15, -0.1) is 0 Å². The molecule has 4 rings (SSSR count). The molecule has 1 atom stereocenters. The van der Waals surface area contributed by atoms with Crippen LogP contribution in [0.2, 0.25) is 5.15 Å². The summed E-state index contributed by atoms with van der Waals surface area (Å²) in [6, 6.07) is 5.37. The Labute approximate surface area is 197 Å². The van der Waals surface area contributed by atoms with Gasteiger partial charge in [-0.1, -0.05) is 11.6 Å². The topological polar surface area (TPSA) is 92.5 Å². The second kappa shape index (κ2) is 9.61. The number of pyridine rings is 3. The lowest BCUT2D eigenvalue weighted by atomic mass is 10.1. The molecule has 1 aliphatic heterocycles. The maximum absolute atomic E-state index is 12.9. The van der Waals surface area contributed by atoms with Crippen molar-refractivity contribution in [1.29, 1.82) is 0 Å². The first-order chi connectivity index (χ1) is 16.1. The van der Waals surface area contributed by atoms with E-state index in [1.165, 1.54) is 16.8 Å². The van der Waals surface area contributed by atoms with Gasteiger partial charge in [0.05, 0.1) is 25.1 Å². The van der Waals surface area contributed by atoms with Crippen molar-refractivity contribution in [2.24, 2.45) is 7.05 Å². The highest BCUT2D eigenvalue weighted by Gasteiger charge is 2.33. The summed E-state index contributed by atoms with van der Waals surface area (Å²) in [6.07, 6.45) is -2.14. The van der Waals surface area contributed by atoms with Crippen molar-refractivity contribution in [3.63, 3.8) is 0 Å². The van der Waals surface area contributed by atoms with E-state index in [9.17, 15) is 23.1 Å². The predicted octanol–water partition coefficient (Wildman–Crippen LogP) is 3.45. The maximum atomic E-state index is 12.9. The highest BCUT2D eigenvalue weighted by atomic mass is 35.5. The lowest BCUT2D eigenvalue weighted by molar-refractivity contribution is -0.141. The highest BCUT2D eigenvalue weighted by Crippen LogP contribution is 2.32. The van der Waals surface area contributed by atoms with Gasteiger partial charge in [-0.3, -0.25) is 9.78 Å². The van der Waals surface area contributed by atoms with Crippen molar-refractivity contribution in [1.82, 2.24) is 14.5 Å². The summed E-state index contributed by atoms with van der Waals surface area (Å²) in [5.74, 6) is 0. The van der Waals surface area contributed by atoms with Crippen LogP contribution in [0.5, 0.6) is 0 Å². The molecule has 0 aromatic carbocycles. The zero-order chi connectivity index (χ0) is 24.5. The fraction of sp³-hybridized carbons (Fsp3) is 0.318. The number of hydrogen-bond donors (Lipinski definition) is 2. The number of ether oxygens (including phenoxy) is 1. The van der Waals surface area contributed by atoms with Gasteiger partial charge in [0.1, 0.15) is 16.5 Å². The highest BCUT2D eigenvalue weighted by molar-refractivity contribution is 6.32. The van der Waals surface area contributed by atoms with Crippen LogP contribution >= 0.6 is 11.6 Å². The molecule has 0 radical (unpaired) electrons. The van der Waals surface area contributed by atoms with Gasteiger partial charge in [-0.05, 0) is 24.3 Å². The number of aliphatic hydroxyl groups excluding tert-OH is 1. The number of nitrogens with one attached hydrogen (secondary N) is 1. The van der Waals surface area contributed by atoms with Gasteiger partial charge in [0.2, 0.25) is 0 Å². The van der Waals surface area contributed by atoms with Crippen LogP contribution in [0.1, 0.15) is 17.5 Å². The first-order valence-electron chi connectivity index (χ1n) is 10.3. The van der Waals surface area contributed by atoms with Crippen LogP contribution < -0.4 is 15.8 Å². The molecule has 0 bridgehead atoms. The van der Waals surface area contributed by atoms with E-state index in [-0.39, 0.29) is 16.3 Å². The molecule has 1 unspecified atom stereocenters. The average Bonchev–Trinajstić information content (AvgIpc) is 2.82. The smallest absolute Gasteiger partial charge is 0.378 e. The van der Waals surface area contributed by atoms with Crippen LogP contribution in [0.4, 0.5) is 24.5 Å². The molecule has 0 spiro atoms. The second-order valence-electron chi connectivity index (χ2n) is 7.71. The lowest BCUT2D eigenvalue weighted by Crippen LogP contribution is -2.40. The number of alkyl halides is 3. The normalized spacial score (nSPS) is 15.3. The van der Waals surface area contributed by atoms with Crippen molar-refractivity contribution in [2.45, 2.75) is 12.4 Å². The Bertz CT molecular complexity index is 1250. The fourth-order valence-electron chi connectivity index (χ4n) is 3.61. The number of rotatable bonds is 5. The Morgan fingerprint density at radius 3 is 2.65 bits per heavy atom. The summed E-state index contributed by atoms with van der Waals surface area (Å²) in [5, 5.41) is 13.3. The van der Waals surface area contributed by atoms with Gasteiger partial charge in [0.15, 0.2) is 6.23 Å². The minimum Gasteiger partial charge on any atom is -0.378 e. The summed E-state index contributed by atoms with van der Waals surface area (Å²) in [4.78, 5) is 22.1. The van der Waals surface area contributed by atoms with Crippen molar-refractivity contribution < 1.29 is 23.0 Å². The lowest BCUT2D eigenvalue weighted by Gasteiger charge is -2.28. The van der Waals surface area contributed by atoms with Gasteiger partial charge in [-0.25, -0.2) is 4.98 Å². The van der Waals surface area contributed by atoms with Crippen LogP contribution in [0.3, 0.4) is 0 Å². The monoisotopic (exact) mass is 495 g/mol. The molecule has 0 saturated carbocycles. The number of morpholine rings is 1. The number of aryl methyl sites for hydroxylation is 1. The number of halogens is 4. The van der Waals surface area contributed by atoms with Crippen molar-refractivity contribution in [3.8, 4) is 11.1 Å². The average molecular weight is 496 g/mol. The molecule has 0 amide bonds. The third-order valence-corrected chi connectivity index (χ3v) is 5.66. The molecular weight excluding hydrogens is 475 g/mol. The number of hydrogen-bond acceptors (Lipinski definition) is 7. The Morgan fingerprint density at radius 2 is 1.94 bits per heavy atom. The number of nitrogens with zero attached hydrogens (tertiary/aromatic N) is 4. The third-order valence-electron chi connectivity index (χ3n) is 5.36. The molecule has 34 heavy (non-hydrogen) atoms. The molecule has 4 heterocycles. The van der Waals surface area contributed by atoms with Crippen molar-refractivity contribution in [2.75, 3.05) is 36.5 Å². The van der Waals surface area contributed by atoms with Gasteiger partial charge in [0.25, 0.3) is 5.56 Å². The summed E-state index contributed by atoms with van der Waals surface area (Å²) >= 11 is 6.33. The summed E-state index contributed by atoms with van der Waals surface area (Å²) in [6.45, 7) is 2.17. The molecule has 12 heteroatoms. The largest absolute Gasteiger partial charge is 0.433 e. The van der Waals surface area contributed by atoms with E-state index in [0.717, 1.165) is 12.3 Å². The molecular formula is C22H21ClF3N5O3. The van der Waals surface area contributed by atoms with Crippen LogP contribution in [-0.2, 0) is 18.0 Å². The SMILES string of the molecule is Cn1cc(-c2cc(NC(O)c3ccnc(C(F)(F)F)c3)cnc2Cl)cc(N2CCOCC2)c1=O. The number of aliphatic hydroxyl groups is 1. The van der Waals surface area contributed by atoms with E-state index in [0.29, 0.717) is 48.8 Å². The second-order valence-corrected chi connectivity index (χ2v) is 8.07. The molecule has 1 fully saturated rings. The first kappa shape index (κ1) is 24.0. The van der Waals surface area contributed by atoms with Crippen molar-refractivity contribution >= 4 is 23.0 Å². The quantitative estimate of drug-likeness (QED) is 0.413. The van der Waals surface area contributed by atoms with Crippen LogP contribution in [0.15, 0.2) is 47.7 Å². The van der Waals surface area contributed by atoms with E-state index in [2.05, 4.69) is 15.3 Å².